The van der Waals surface area contributed by atoms with Gasteiger partial charge in [0.15, 0.2) is 5.13 Å². The molecular weight excluding hydrogens is 382 g/mol. The molecule has 2 aromatic rings. The molecule has 0 spiro atoms. The summed E-state index contributed by atoms with van der Waals surface area (Å²) in [5.41, 5.74) is 0. The second-order valence-electron chi connectivity index (χ2n) is 5.33. The van der Waals surface area contributed by atoms with Gasteiger partial charge in [-0.3, -0.25) is 0 Å². The number of sulfonamides is 1. The van der Waals surface area contributed by atoms with Crippen molar-refractivity contribution in [1.29, 1.82) is 0 Å². The van der Waals surface area contributed by atoms with Crippen LogP contribution in [0.15, 0.2) is 35.4 Å². The Morgan fingerprint density at radius 2 is 1.72 bits per heavy atom. The largest absolute Gasteiger partial charge is 0.427 e. The lowest BCUT2D eigenvalue weighted by atomic mass is 10.3. The predicted octanol–water partition coefficient (Wildman–Crippen LogP) is 2.81. The fraction of sp³-hybridized carbons (Fsp3) is 0.357. The Labute approximate surface area is 145 Å². The minimum absolute atomic E-state index is 0.0393. The number of thiazole rings is 1. The number of aromatic nitrogens is 1. The summed E-state index contributed by atoms with van der Waals surface area (Å²) in [5.74, 6) is -0.834. The van der Waals surface area contributed by atoms with Crippen molar-refractivity contribution in [1.82, 2.24) is 9.29 Å². The molecule has 0 atom stereocenters. The standard InChI is InChI=1S/C14H13F4N3O2S2/c15-10-3-1-2-4-11(10)25(22,23)21-7-5-20(6-8-21)13-19-9-12(24-13)14(16,17)18/h1-4,9H,5-8H2. The molecule has 1 saturated heterocycles. The van der Waals surface area contributed by atoms with Gasteiger partial charge in [-0.25, -0.2) is 17.8 Å². The van der Waals surface area contributed by atoms with Crippen LogP contribution in [0.25, 0.3) is 0 Å². The van der Waals surface area contributed by atoms with Crippen molar-refractivity contribution in [3.05, 3.63) is 41.2 Å². The van der Waals surface area contributed by atoms with Crippen LogP contribution in [0.1, 0.15) is 4.88 Å². The number of alkyl halides is 3. The maximum atomic E-state index is 13.8. The SMILES string of the molecule is O=S(=O)(c1ccccc1F)N1CCN(c2ncc(C(F)(F)F)s2)CC1. The summed E-state index contributed by atoms with van der Waals surface area (Å²) < 4.78 is 77.8. The molecule has 0 saturated carbocycles. The highest BCUT2D eigenvalue weighted by atomic mass is 32.2. The molecule has 0 N–H and O–H groups in total. The number of halogens is 4. The van der Waals surface area contributed by atoms with Crippen LogP contribution in [0.2, 0.25) is 0 Å². The van der Waals surface area contributed by atoms with Crippen LogP contribution in [0.4, 0.5) is 22.7 Å². The highest BCUT2D eigenvalue weighted by molar-refractivity contribution is 7.89. The highest BCUT2D eigenvalue weighted by Crippen LogP contribution is 2.36. The normalized spacial score (nSPS) is 17.0. The van der Waals surface area contributed by atoms with Gasteiger partial charge in [-0.1, -0.05) is 23.5 Å². The number of hydrogen-bond donors (Lipinski definition) is 0. The average molecular weight is 395 g/mol. The van der Waals surface area contributed by atoms with Gasteiger partial charge in [0.05, 0.1) is 6.20 Å². The lowest BCUT2D eigenvalue weighted by Crippen LogP contribution is -2.48. The van der Waals surface area contributed by atoms with Crippen LogP contribution in [0.3, 0.4) is 0 Å². The fourth-order valence-corrected chi connectivity index (χ4v) is 4.78. The van der Waals surface area contributed by atoms with Crippen molar-refractivity contribution in [2.75, 3.05) is 31.1 Å². The minimum Gasteiger partial charge on any atom is -0.345 e. The van der Waals surface area contributed by atoms with E-state index >= 15 is 0 Å². The molecule has 1 fully saturated rings. The van der Waals surface area contributed by atoms with Gasteiger partial charge in [0.1, 0.15) is 15.6 Å². The average Bonchev–Trinajstić information content (AvgIpc) is 3.05. The van der Waals surface area contributed by atoms with Crippen LogP contribution < -0.4 is 4.90 Å². The van der Waals surface area contributed by atoms with E-state index in [0.29, 0.717) is 11.3 Å². The van der Waals surface area contributed by atoms with E-state index in [0.717, 1.165) is 16.6 Å². The van der Waals surface area contributed by atoms with Crippen molar-refractivity contribution < 1.29 is 26.0 Å². The summed E-state index contributed by atoms with van der Waals surface area (Å²) in [6, 6.07) is 5.08. The monoisotopic (exact) mass is 395 g/mol. The fourth-order valence-electron chi connectivity index (χ4n) is 2.45. The molecule has 2 heterocycles. The Bertz CT molecular complexity index is 859. The molecule has 0 bridgehead atoms. The van der Waals surface area contributed by atoms with E-state index < -0.39 is 31.8 Å². The highest BCUT2D eigenvalue weighted by Gasteiger charge is 2.35. The van der Waals surface area contributed by atoms with Gasteiger partial charge >= 0.3 is 6.18 Å². The molecule has 1 aliphatic rings. The summed E-state index contributed by atoms with van der Waals surface area (Å²) in [4.78, 5) is 4.15. The first-order valence-electron chi connectivity index (χ1n) is 7.22. The zero-order chi connectivity index (χ0) is 18.2. The third kappa shape index (κ3) is 3.62. The lowest BCUT2D eigenvalue weighted by molar-refractivity contribution is -0.134. The number of piperazine rings is 1. The van der Waals surface area contributed by atoms with Gasteiger partial charge in [-0.15, -0.1) is 0 Å². The van der Waals surface area contributed by atoms with E-state index in [1.165, 1.54) is 18.2 Å². The molecule has 0 unspecified atom stereocenters. The number of anilines is 1. The zero-order valence-corrected chi connectivity index (χ0v) is 14.3. The number of rotatable bonds is 3. The maximum absolute atomic E-state index is 13.8. The van der Waals surface area contributed by atoms with Crippen molar-refractivity contribution in [3.8, 4) is 0 Å². The van der Waals surface area contributed by atoms with Crippen LogP contribution in [0, 0.1) is 5.82 Å². The van der Waals surface area contributed by atoms with E-state index in [2.05, 4.69) is 4.98 Å². The van der Waals surface area contributed by atoms with Crippen molar-refractivity contribution in [2.24, 2.45) is 0 Å². The quantitative estimate of drug-likeness (QED) is 0.750. The summed E-state index contributed by atoms with van der Waals surface area (Å²) >= 11 is 0.516. The summed E-state index contributed by atoms with van der Waals surface area (Å²) in [7, 11) is -3.98. The molecule has 0 aliphatic carbocycles. The van der Waals surface area contributed by atoms with Gasteiger partial charge < -0.3 is 4.90 Å². The molecule has 1 aromatic heterocycles. The summed E-state index contributed by atoms with van der Waals surface area (Å²) in [6.45, 7) is 0.437. The molecule has 0 amide bonds. The van der Waals surface area contributed by atoms with Gasteiger partial charge in [-0.05, 0) is 12.1 Å². The smallest absolute Gasteiger partial charge is 0.345 e. The van der Waals surface area contributed by atoms with Crippen LogP contribution >= 0.6 is 11.3 Å². The molecule has 1 aliphatic heterocycles. The third-order valence-electron chi connectivity index (χ3n) is 3.74. The summed E-state index contributed by atoms with van der Waals surface area (Å²) in [6.07, 6.45) is -3.69. The topological polar surface area (TPSA) is 53.5 Å². The van der Waals surface area contributed by atoms with Gasteiger partial charge in [0, 0.05) is 26.2 Å². The van der Waals surface area contributed by atoms with E-state index in [1.54, 1.807) is 4.90 Å². The van der Waals surface area contributed by atoms with Crippen molar-refractivity contribution in [2.45, 2.75) is 11.1 Å². The zero-order valence-electron chi connectivity index (χ0n) is 12.7. The Kier molecular flexibility index (Phi) is 4.73. The molecule has 0 radical (unpaired) electrons. The number of benzene rings is 1. The van der Waals surface area contributed by atoms with Crippen LogP contribution in [-0.4, -0.2) is 43.9 Å². The predicted molar refractivity (Wildman–Crippen MR) is 84.5 cm³/mol. The number of nitrogens with zero attached hydrogens (tertiary/aromatic N) is 3. The molecular formula is C14H13F4N3O2S2. The first-order valence-corrected chi connectivity index (χ1v) is 9.48. The second kappa shape index (κ2) is 6.54. The van der Waals surface area contributed by atoms with E-state index in [4.69, 9.17) is 0 Å². The Morgan fingerprint density at radius 3 is 2.28 bits per heavy atom. The third-order valence-corrected chi connectivity index (χ3v) is 6.77. The Morgan fingerprint density at radius 1 is 1.08 bits per heavy atom. The van der Waals surface area contributed by atoms with E-state index in [9.17, 15) is 26.0 Å². The van der Waals surface area contributed by atoms with Gasteiger partial charge in [0.2, 0.25) is 10.0 Å². The van der Waals surface area contributed by atoms with Crippen LogP contribution in [0.5, 0.6) is 0 Å². The summed E-state index contributed by atoms with van der Waals surface area (Å²) in [5, 5.41) is 0.190. The van der Waals surface area contributed by atoms with E-state index in [1.807, 2.05) is 0 Å². The molecule has 136 valence electrons. The van der Waals surface area contributed by atoms with Crippen molar-refractivity contribution in [3.63, 3.8) is 0 Å². The minimum atomic E-state index is -4.45. The lowest BCUT2D eigenvalue weighted by Gasteiger charge is -2.33. The Balaban J connectivity index is 1.72. The molecule has 11 heteroatoms. The molecule has 1 aromatic carbocycles. The first kappa shape index (κ1) is 18.1. The van der Waals surface area contributed by atoms with Gasteiger partial charge in [0.25, 0.3) is 0 Å². The van der Waals surface area contributed by atoms with Crippen molar-refractivity contribution >= 4 is 26.5 Å². The maximum Gasteiger partial charge on any atom is 0.427 e. The molecule has 5 nitrogen and oxygen atoms in total. The van der Waals surface area contributed by atoms with Gasteiger partial charge in [-0.2, -0.15) is 17.5 Å². The number of hydrogen-bond acceptors (Lipinski definition) is 5. The van der Waals surface area contributed by atoms with Crippen LogP contribution in [-0.2, 0) is 16.2 Å². The Hall–Kier alpha value is -1.72. The second-order valence-corrected chi connectivity index (χ2v) is 8.24. The van der Waals surface area contributed by atoms with E-state index in [-0.39, 0.29) is 31.3 Å². The first-order chi connectivity index (χ1) is 11.7. The molecule has 25 heavy (non-hydrogen) atoms. The molecule has 3 rings (SSSR count).